The highest BCUT2D eigenvalue weighted by atomic mass is 16.6. The average Bonchev–Trinajstić information content (AvgIpc) is 2.62. The summed E-state index contributed by atoms with van der Waals surface area (Å²) >= 11 is 0. The minimum atomic E-state index is -0.814. The summed E-state index contributed by atoms with van der Waals surface area (Å²) in [5.41, 5.74) is -0.610. The first kappa shape index (κ1) is 16.6. The van der Waals surface area contributed by atoms with Crippen molar-refractivity contribution in [3.05, 3.63) is 64.5 Å². The molecule has 6 heteroatoms. The number of methoxy groups -OCH3 is 1. The van der Waals surface area contributed by atoms with Gasteiger partial charge in [0.1, 0.15) is 16.9 Å². The molecule has 1 heterocycles. The van der Waals surface area contributed by atoms with Crippen molar-refractivity contribution in [3.63, 3.8) is 0 Å². The molecule has 0 bridgehead atoms. The molecule has 0 saturated heterocycles. The molecule has 128 valence electrons. The molecule has 2 aromatic carbocycles. The Morgan fingerprint density at radius 2 is 1.84 bits per heavy atom. The highest BCUT2D eigenvalue weighted by Crippen LogP contribution is 2.27. The number of esters is 1. The Morgan fingerprint density at radius 1 is 1.08 bits per heavy atom. The van der Waals surface area contributed by atoms with Crippen LogP contribution in [0.2, 0.25) is 0 Å². The number of carbonyl (C=O) groups is 1. The fraction of sp³-hybridized carbons (Fsp3) is 0.158. The molecule has 0 amide bonds. The zero-order valence-electron chi connectivity index (χ0n) is 13.8. The number of para-hydroxylation sites is 2. The zero-order valence-corrected chi connectivity index (χ0v) is 13.8. The molecule has 25 heavy (non-hydrogen) atoms. The first-order valence-corrected chi connectivity index (χ1v) is 7.68. The van der Waals surface area contributed by atoms with Crippen LogP contribution in [0.4, 0.5) is 0 Å². The summed E-state index contributed by atoms with van der Waals surface area (Å²) in [5.74, 6) is 0.428. The Kier molecular flexibility index (Phi) is 4.70. The molecule has 6 nitrogen and oxygen atoms in total. The fourth-order valence-corrected chi connectivity index (χ4v) is 2.33. The highest BCUT2D eigenvalue weighted by Gasteiger charge is 2.18. The number of hydrogen-bond donors (Lipinski definition) is 0. The van der Waals surface area contributed by atoms with Gasteiger partial charge in [-0.3, -0.25) is 0 Å². The van der Waals surface area contributed by atoms with Gasteiger partial charge < -0.3 is 18.6 Å². The van der Waals surface area contributed by atoms with E-state index in [-0.39, 0.29) is 11.3 Å². The van der Waals surface area contributed by atoms with Crippen LogP contribution in [0.15, 0.2) is 57.7 Å². The van der Waals surface area contributed by atoms with Crippen LogP contribution in [0.25, 0.3) is 11.0 Å². The van der Waals surface area contributed by atoms with Crippen molar-refractivity contribution in [2.45, 2.75) is 6.92 Å². The average molecular weight is 340 g/mol. The van der Waals surface area contributed by atoms with Gasteiger partial charge in [0.15, 0.2) is 11.5 Å². The van der Waals surface area contributed by atoms with Crippen molar-refractivity contribution in [1.82, 2.24) is 0 Å². The minimum absolute atomic E-state index is 0.202. The molecule has 3 rings (SSSR count). The number of ether oxygens (including phenoxy) is 3. The van der Waals surface area contributed by atoms with Crippen LogP contribution in [0.5, 0.6) is 17.2 Å². The molecule has 0 N–H and O–H groups in total. The van der Waals surface area contributed by atoms with Crippen molar-refractivity contribution >= 4 is 16.9 Å². The van der Waals surface area contributed by atoms with E-state index in [0.29, 0.717) is 29.1 Å². The van der Waals surface area contributed by atoms with Crippen molar-refractivity contribution in [2.75, 3.05) is 13.7 Å². The summed E-state index contributed by atoms with van der Waals surface area (Å²) in [4.78, 5) is 24.5. The lowest BCUT2D eigenvalue weighted by atomic mass is 10.2. The van der Waals surface area contributed by atoms with Gasteiger partial charge in [-0.1, -0.05) is 12.1 Å². The molecule has 0 aliphatic rings. The summed E-state index contributed by atoms with van der Waals surface area (Å²) in [5, 5.41) is 0.559. The van der Waals surface area contributed by atoms with Gasteiger partial charge in [-0.05, 0) is 43.3 Å². The largest absolute Gasteiger partial charge is 0.497 e. The van der Waals surface area contributed by atoms with Crippen molar-refractivity contribution < 1.29 is 23.4 Å². The SMILES string of the molecule is CCOc1ccccc1OC(=O)c1cc2cc(OC)ccc2oc1=O. The van der Waals surface area contributed by atoms with Gasteiger partial charge in [0, 0.05) is 5.39 Å². The van der Waals surface area contributed by atoms with Crippen LogP contribution < -0.4 is 19.8 Å². The van der Waals surface area contributed by atoms with E-state index in [1.54, 1.807) is 42.5 Å². The Hall–Kier alpha value is -3.28. The first-order chi connectivity index (χ1) is 12.1. The number of rotatable bonds is 5. The fourth-order valence-electron chi connectivity index (χ4n) is 2.33. The highest BCUT2D eigenvalue weighted by molar-refractivity contribution is 5.94. The van der Waals surface area contributed by atoms with Crippen molar-refractivity contribution in [1.29, 1.82) is 0 Å². The monoisotopic (exact) mass is 340 g/mol. The lowest BCUT2D eigenvalue weighted by Crippen LogP contribution is -2.19. The number of benzene rings is 2. The molecule has 0 aliphatic carbocycles. The Labute approximate surface area is 143 Å². The van der Waals surface area contributed by atoms with E-state index in [9.17, 15) is 9.59 Å². The van der Waals surface area contributed by atoms with Crippen LogP contribution >= 0.6 is 0 Å². The van der Waals surface area contributed by atoms with E-state index in [0.717, 1.165) is 0 Å². The quantitative estimate of drug-likeness (QED) is 0.402. The number of fused-ring (bicyclic) bond motifs is 1. The first-order valence-electron chi connectivity index (χ1n) is 7.68. The molecule has 0 fully saturated rings. The lowest BCUT2D eigenvalue weighted by Gasteiger charge is -2.10. The van der Waals surface area contributed by atoms with Crippen LogP contribution in [0.1, 0.15) is 17.3 Å². The normalized spacial score (nSPS) is 10.5. The van der Waals surface area contributed by atoms with E-state index >= 15 is 0 Å². The summed E-state index contributed by atoms with van der Waals surface area (Å²) in [6, 6.07) is 13.1. The van der Waals surface area contributed by atoms with Crippen molar-refractivity contribution in [3.8, 4) is 17.2 Å². The van der Waals surface area contributed by atoms with Crippen LogP contribution in [-0.2, 0) is 0 Å². The number of carbonyl (C=O) groups excluding carboxylic acids is 1. The van der Waals surface area contributed by atoms with Gasteiger partial charge in [0.05, 0.1) is 13.7 Å². The lowest BCUT2D eigenvalue weighted by molar-refractivity contribution is 0.0724. The third-order valence-electron chi connectivity index (χ3n) is 3.51. The molecule has 0 spiro atoms. The summed E-state index contributed by atoms with van der Waals surface area (Å²) < 4.78 is 21.0. The molecule has 1 aromatic heterocycles. The third kappa shape index (κ3) is 3.47. The standard InChI is InChI=1S/C19H16O6/c1-3-23-16-6-4-5-7-17(16)25-19(21)14-11-12-10-13(22-2)8-9-15(12)24-18(14)20/h4-11H,3H2,1-2H3. The Bertz CT molecular complexity index is 973. The van der Waals surface area contributed by atoms with Crippen molar-refractivity contribution in [2.24, 2.45) is 0 Å². The van der Waals surface area contributed by atoms with E-state index in [2.05, 4.69) is 0 Å². The summed E-state index contributed by atoms with van der Waals surface area (Å²) in [6.07, 6.45) is 0. The predicted molar refractivity (Wildman–Crippen MR) is 91.6 cm³/mol. The van der Waals surface area contributed by atoms with Gasteiger partial charge in [-0.25, -0.2) is 9.59 Å². The van der Waals surface area contributed by atoms with E-state index in [1.165, 1.54) is 13.2 Å². The molecular weight excluding hydrogens is 324 g/mol. The molecule has 0 saturated carbocycles. The smallest absolute Gasteiger partial charge is 0.351 e. The number of hydrogen-bond acceptors (Lipinski definition) is 6. The molecule has 0 aliphatic heterocycles. The topological polar surface area (TPSA) is 75.0 Å². The molecule has 0 unspecified atom stereocenters. The van der Waals surface area contributed by atoms with E-state index < -0.39 is 11.6 Å². The predicted octanol–water partition coefficient (Wildman–Crippen LogP) is 3.42. The maximum Gasteiger partial charge on any atom is 0.351 e. The van der Waals surface area contributed by atoms with Gasteiger partial charge in [-0.2, -0.15) is 0 Å². The Balaban J connectivity index is 1.97. The van der Waals surface area contributed by atoms with Gasteiger partial charge in [-0.15, -0.1) is 0 Å². The molecule has 0 radical (unpaired) electrons. The molecular formula is C19H16O6. The van der Waals surface area contributed by atoms with E-state index in [4.69, 9.17) is 18.6 Å². The second-order valence-electron chi connectivity index (χ2n) is 5.12. The van der Waals surface area contributed by atoms with Gasteiger partial charge in [0.2, 0.25) is 0 Å². The second-order valence-corrected chi connectivity index (χ2v) is 5.12. The van der Waals surface area contributed by atoms with Gasteiger partial charge >= 0.3 is 11.6 Å². The summed E-state index contributed by atoms with van der Waals surface area (Å²) in [7, 11) is 1.53. The van der Waals surface area contributed by atoms with Crippen LogP contribution in [-0.4, -0.2) is 19.7 Å². The second kappa shape index (κ2) is 7.09. The van der Waals surface area contributed by atoms with Crippen LogP contribution in [0.3, 0.4) is 0 Å². The summed E-state index contributed by atoms with van der Waals surface area (Å²) in [6.45, 7) is 2.25. The maximum atomic E-state index is 12.4. The molecule has 3 aromatic rings. The van der Waals surface area contributed by atoms with E-state index in [1.807, 2.05) is 6.92 Å². The minimum Gasteiger partial charge on any atom is -0.497 e. The maximum absolute atomic E-state index is 12.4. The van der Waals surface area contributed by atoms with Crippen LogP contribution in [0, 0.1) is 0 Å². The van der Waals surface area contributed by atoms with Gasteiger partial charge in [0.25, 0.3) is 0 Å². The third-order valence-corrected chi connectivity index (χ3v) is 3.51. The zero-order chi connectivity index (χ0) is 17.8. The Morgan fingerprint density at radius 3 is 2.56 bits per heavy atom. The molecule has 0 atom stereocenters.